The summed E-state index contributed by atoms with van der Waals surface area (Å²) in [6.07, 6.45) is 1.90. The molecule has 0 N–H and O–H groups in total. The van der Waals surface area contributed by atoms with Crippen LogP contribution in [0, 0.1) is 0 Å². The van der Waals surface area contributed by atoms with Gasteiger partial charge in [0.15, 0.2) is 17.5 Å². The summed E-state index contributed by atoms with van der Waals surface area (Å²) in [4.78, 5) is 22.4. The highest BCUT2D eigenvalue weighted by molar-refractivity contribution is 7.99. The van der Waals surface area contributed by atoms with Gasteiger partial charge in [-0.3, -0.25) is 4.98 Å². The third-order valence-electron chi connectivity index (χ3n) is 12.1. The van der Waals surface area contributed by atoms with Gasteiger partial charge in [-0.1, -0.05) is 176 Å². The highest BCUT2D eigenvalue weighted by atomic mass is 32.2. The molecule has 2 aromatic heterocycles. The number of pyridine rings is 1. The van der Waals surface area contributed by atoms with E-state index in [0.29, 0.717) is 17.5 Å². The Hall–Kier alpha value is -7.47. The van der Waals surface area contributed by atoms with Crippen LogP contribution >= 0.6 is 11.8 Å². The fourth-order valence-corrected chi connectivity index (χ4v) is 10.5. The zero-order valence-electron chi connectivity index (χ0n) is 32.3. The largest absolute Gasteiger partial charge is 0.256 e. The summed E-state index contributed by atoms with van der Waals surface area (Å²) >= 11 is 1.86. The second kappa shape index (κ2) is 13.8. The summed E-state index contributed by atoms with van der Waals surface area (Å²) in [5, 5.41) is 1.15. The third kappa shape index (κ3) is 5.40. The second-order valence-corrected chi connectivity index (χ2v) is 16.4. The van der Waals surface area contributed by atoms with Crippen molar-refractivity contribution in [3.05, 3.63) is 229 Å². The van der Waals surface area contributed by atoms with Gasteiger partial charge in [0.05, 0.1) is 10.9 Å². The Balaban J connectivity index is 1.06. The lowest BCUT2D eigenvalue weighted by molar-refractivity contribution is 0.722. The van der Waals surface area contributed by atoms with Crippen LogP contribution in [0.3, 0.4) is 0 Å². The van der Waals surface area contributed by atoms with Crippen LogP contribution in [0.15, 0.2) is 216 Å². The van der Waals surface area contributed by atoms with Crippen LogP contribution in [-0.4, -0.2) is 19.9 Å². The molecule has 0 fully saturated rings. The average molecular weight is 783 g/mol. The monoisotopic (exact) mass is 782 g/mol. The van der Waals surface area contributed by atoms with E-state index in [1.165, 1.54) is 65.4 Å². The van der Waals surface area contributed by atoms with Gasteiger partial charge >= 0.3 is 0 Å². The van der Waals surface area contributed by atoms with E-state index in [-0.39, 0.29) is 0 Å². The van der Waals surface area contributed by atoms with Crippen molar-refractivity contribution in [2.45, 2.75) is 15.2 Å². The first-order chi connectivity index (χ1) is 29.7. The minimum Gasteiger partial charge on any atom is -0.256 e. The minimum atomic E-state index is -0.581. The van der Waals surface area contributed by atoms with E-state index in [2.05, 4.69) is 163 Å². The van der Waals surface area contributed by atoms with Crippen molar-refractivity contribution in [1.82, 2.24) is 19.9 Å². The number of rotatable bonds is 5. The first-order valence-corrected chi connectivity index (χ1v) is 21.0. The van der Waals surface area contributed by atoms with Gasteiger partial charge in [0, 0.05) is 38.1 Å². The standard InChI is InChI=1S/C55H34N4S/c1-3-13-37(14-4-1)52-57-53(38-15-5-2-6-16-38)59-54(58-52)40-28-30-43-42-29-27-39(35-23-25-36(26-24-35)41-31-32-56-49-20-10-7-17-44(41)49)33-47(42)55(48(43)34-40)45-18-8-11-21-50(45)60-51-22-12-9-19-46(51)55/h1-34H. The Morgan fingerprint density at radius 1 is 0.333 bits per heavy atom. The number of hydrogen-bond donors (Lipinski definition) is 0. The van der Waals surface area contributed by atoms with E-state index >= 15 is 0 Å². The van der Waals surface area contributed by atoms with Gasteiger partial charge in [0.2, 0.25) is 0 Å². The lowest BCUT2D eigenvalue weighted by Crippen LogP contribution is -2.32. The molecule has 4 nitrogen and oxygen atoms in total. The second-order valence-electron chi connectivity index (χ2n) is 15.4. The minimum absolute atomic E-state index is 0.581. The van der Waals surface area contributed by atoms with Crippen molar-refractivity contribution in [3.8, 4) is 67.5 Å². The van der Waals surface area contributed by atoms with Gasteiger partial charge in [0.25, 0.3) is 0 Å². The predicted octanol–water partition coefficient (Wildman–Crippen LogP) is 13.6. The summed E-state index contributed by atoms with van der Waals surface area (Å²) in [6, 6.07) is 71.6. The van der Waals surface area contributed by atoms with Gasteiger partial charge in [-0.25, -0.2) is 15.0 Å². The molecule has 280 valence electrons. The molecule has 0 saturated carbocycles. The summed E-state index contributed by atoms with van der Waals surface area (Å²) in [5.41, 5.74) is 15.5. The van der Waals surface area contributed by atoms with E-state index in [1.807, 2.05) is 60.4 Å². The van der Waals surface area contributed by atoms with Crippen LogP contribution in [-0.2, 0) is 5.41 Å². The smallest absolute Gasteiger partial charge is 0.164 e. The number of para-hydroxylation sites is 1. The summed E-state index contributed by atoms with van der Waals surface area (Å²) in [6.45, 7) is 0. The van der Waals surface area contributed by atoms with Crippen LogP contribution in [0.2, 0.25) is 0 Å². The highest BCUT2D eigenvalue weighted by Crippen LogP contribution is 2.63. The van der Waals surface area contributed by atoms with Crippen LogP contribution < -0.4 is 0 Å². The summed E-state index contributed by atoms with van der Waals surface area (Å²) < 4.78 is 0. The zero-order chi connectivity index (χ0) is 39.6. The summed E-state index contributed by atoms with van der Waals surface area (Å²) in [7, 11) is 0. The van der Waals surface area contributed by atoms with Crippen molar-refractivity contribution in [1.29, 1.82) is 0 Å². The van der Waals surface area contributed by atoms with E-state index in [4.69, 9.17) is 15.0 Å². The Morgan fingerprint density at radius 2 is 0.817 bits per heavy atom. The number of nitrogens with zero attached hydrogens (tertiary/aromatic N) is 4. The van der Waals surface area contributed by atoms with Crippen molar-refractivity contribution in [3.63, 3.8) is 0 Å². The molecular weight excluding hydrogens is 749 g/mol. The maximum absolute atomic E-state index is 5.17. The lowest BCUT2D eigenvalue weighted by Gasteiger charge is -2.39. The Kier molecular flexibility index (Phi) is 7.97. The molecular formula is C55H34N4S. The fourth-order valence-electron chi connectivity index (χ4n) is 9.34. The maximum atomic E-state index is 5.17. The molecule has 0 amide bonds. The Labute approximate surface area is 352 Å². The van der Waals surface area contributed by atoms with Crippen LogP contribution in [0.25, 0.3) is 78.4 Å². The Bertz CT molecular complexity index is 3180. The number of fused-ring (bicyclic) bond motifs is 10. The molecule has 1 aliphatic heterocycles. The topological polar surface area (TPSA) is 51.6 Å². The molecule has 2 aliphatic rings. The molecule has 0 unspecified atom stereocenters. The third-order valence-corrected chi connectivity index (χ3v) is 13.2. The molecule has 3 heterocycles. The van der Waals surface area contributed by atoms with Crippen LogP contribution in [0.4, 0.5) is 0 Å². The molecule has 60 heavy (non-hydrogen) atoms. The van der Waals surface area contributed by atoms with Crippen molar-refractivity contribution in [2.75, 3.05) is 0 Å². The van der Waals surface area contributed by atoms with Gasteiger partial charge in [-0.15, -0.1) is 0 Å². The van der Waals surface area contributed by atoms with E-state index in [1.54, 1.807) is 0 Å². The van der Waals surface area contributed by atoms with E-state index < -0.39 is 5.41 Å². The summed E-state index contributed by atoms with van der Waals surface area (Å²) in [5.74, 6) is 1.94. The number of aromatic nitrogens is 4. The highest BCUT2D eigenvalue weighted by Gasteiger charge is 2.50. The predicted molar refractivity (Wildman–Crippen MR) is 244 cm³/mol. The SMILES string of the molecule is c1ccc(-c2nc(-c3ccccc3)nc(-c3ccc4c(c3)C3(c5ccccc5Sc5ccccc53)c3cc(-c5ccc(-c6ccnc7ccccc67)cc5)ccc3-4)n2)cc1. The van der Waals surface area contributed by atoms with Gasteiger partial charge in [-0.2, -0.15) is 0 Å². The van der Waals surface area contributed by atoms with Crippen LogP contribution in [0.5, 0.6) is 0 Å². The molecule has 0 saturated heterocycles. The molecule has 8 aromatic carbocycles. The van der Waals surface area contributed by atoms with E-state index in [9.17, 15) is 0 Å². The number of hydrogen-bond acceptors (Lipinski definition) is 5. The molecule has 0 bridgehead atoms. The molecule has 12 rings (SSSR count). The zero-order valence-corrected chi connectivity index (χ0v) is 33.1. The average Bonchev–Trinajstić information content (AvgIpc) is 3.61. The molecule has 1 aliphatic carbocycles. The lowest BCUT2D eigenvalue weighted by atomic mass is 9.67. The molecule has 0 atom stereocenters. The van der Waals surface area contributed by atoms with Gasteiger partial charge in [-0.05, 0) is 92.0 Å². The van der Waals surface area contributed by atoms with Crippen LogP contribution in [0.1, 0.15) is 22.3 Å². The van der Waals surface area contributed by atoms with Gasteiger partial charge < -0.3 is 0 Å². The molecule has 5 heteroatoms. The molecule has 0 radical (unpaired) electrons. The maximum Gasteiger partial charge on any atom is 0.164 e. The van der Waals surface area contributed by atoms with Crippen molar-refractivity contribution < 1.29 is 0 Å². The fraction of sp³-hybridized carbons (Fsp3) is 0.0182. The molecule has 10 aromatic rings. The Morgan fingerprint density at radius 3 is 1.45 bits per heavy atom. The van der Waals surface area contributed by atoms with Crippen molar-refractivity contribution in [2.24, 2.45) is 0 Å². The first-order valence-electron chi connectivity index (χ1n) is 20.2. The number of benzene rings is 8. The van der Waals surface area contributed by atoms with E-state index in [0.717, 1.165) is 27.6 Å². The van der Waals surface area contributed by atoms with Gasteiger partial charge in [0.1, 0.15) is 0 Å². The normalized spacial score (nSPS) is 13.1. The first kappa shape index (κ1) is 34.6. The molecule has 1 spiro atoms. The van der Waals surface area contributed by atoms with Crippen molar-refractivity contribution >= 4 is 22.7 Å². The quantitative estimate of drug-likeness (QED) is 0.174.